The van der Waals surface area contributed by atoms with Gasteiger partial charge in [0.1, 0.15) is 0 Å². The van der Waals surface area contributed by atoms with Crippen molar-refractivity contribution in [2.45, 2.75) is 19.3 Å². The zero-order valence-electron chi connectivity index (χ0n) is 11.2. The largest absolute Gasteiger partial charge is 0.319 e. The Morgan fingerprint density at radius 1 is 0.944 bits per heavy atom. The number of nitrogens with one attached hydrogen (secondary N) is 1. The SMILES string of the molecule is CNCC(Cc1ccccc1)c1ccc(C)cc1. The standard InChI is InChI=1S/C17H21N/c1-14-8-10-16(11-9-14)17(13-18-2)12-15-6-4-3-5-7-15/h3-11,17-18H,12-13H2,1-2H3. The summed E-state index contributed by atoms with van der Waals surface area (Å²) >= 11 is 0. The summed E-state index contributed by atoms with van der Waals surface area (Å²) < 4.78 is 0. The maximum Gasteiger partial charge on any atom is 0.00203 e. The molecule has 1 nitrogen and oxygen atoms in total. The Morgan fingerprint density at radius 3 is 2.22 bits per heavy atom. The van der Waals surface area contributed by atoms with Crippen LogP contribution in [0, 0.1) is 6.92 Å². The summed E-state index contributed by atoms with van der Waals surface area (Å²) in [5.41, 5.74) is 4.14. The van der Waals surface area contributed by atoms with Crippen LogP contribution < -0.4 is 5.32 Å². The third kappa shape index (κ3) is 3.44. The Morgan fingerprint density at radius 2 is 1.61 bits per heavy atom. The summed E-state index contributed by atoms with van der Waals surface area (Å²) in [6.45, 7) is 3.14. The van der Waals surface area contributed by atoms with E-state index >= 15 is 0 Å². The summed E-state index contributed by atoms with van der Waals surface area (Å²) in [5.74, 6) is 0.540. The lowest BCUT2D eigenvalue weighted by molar-refractivity contribution is 0.625. The van der Waals surface area contributed by atoms with E-state index in [1.807, 2.05) is 7.05 Å². The number of rotatable bonds is 5. The fraction of sp³-hybridized carbons (Fsp3) is 0.294. The minimum absolute atomic E-state index is 0.540. The zero-order chi connectivity index (χ0) is 12.8. The van der Waals surface area contributed by atoms with Crippen LogP contribution in [0.15, 0.2) is 54.6 Å². The van der Waals surface area contributed by atoms with Crippen LogP contribution in [0.4, 0.5) is 0 Å². The van der Waals surface area contributed by atoms with Crippen LogP contribution in [-0.4, -0.2) is 13.6 Å². The van der Waals surface area contributed by atoms with E-state index < -0.39 is 0 Å². The third-order valence-corrected chi connectivity index (χ3v) is 3.32. The molecule has 0 aliphatic heterocycles. The van der Waals surface area contributed by atoms with E-state index in [4.69, 9.17) is 0 Å². The molecule has 0 spiro atoms. The number of hydrogen-bond acceptors (Lipinski definition) is 1. The highest BCUT2D eigenvalue weighted by Crippen LogP contribution is 2.20. The van der Waals surface area contributed by atoms with Gasteiger partial charge in [-0.15, -0.1) is 0 Å². The number of likely N-dealkylation sites (N-methyl/N-ethyl adjacent to an activating group) is 1. The van der Waals surface area contributed by atoms with E-state index in [-0.39, 0.29) is 0 Å². The highest BCUT2D eigenvalue weighted by atomic mass is 14.8. The summed E-state index contributed by atoms with van der Waals surface area (Å²) in [5, 5.41) is 3.30. The predicted octanol–water partition coefficient (Wildman–Crippen LogP) is 3.54. The molecular formula is C17H21N. The van der Waals surface area contributed by atoms with E-state index in [2.05, 4.69) is 66.8 Å². The van der Waals surface area contributed by atoms with Gasteiger partial charge in [0.25, 0.3) is 0 Å². The van der Waals surface area contributed by atoms with Crippen molar-refractivity contribution >= 4 is 0 Å². The average Bonchev–Trinajstić information content (AvgIpc) is 2.40. The quantitative estimate of drug-likeness (QED) is 0.841. The zero-order valence-corrected chi connectivity index (χ0v) is 11.2. The molecule has 0 aliphatic rings. The van der Waals surface area contributed by atoms with Crippen molar-refractivity contribution in [2.75, 3.05) is 13.6 Å². The van der Waals surface area contributed by atoms with Crippen molar-refractivity contribution in [2.24, 2.45) is 0 Å². The fourth-order valence-corrected chi connectivity index (χ4v) is 2.29. The molecule has 0 bridgehead atoms. The van der Waals surface area contributed by atoms with Gasteiger partial charge in [0.2, 0.25) is 0 Å². The van der Waals surface area contributed by atoms with Crippen molar-refractivity contribution in [1.29, 1.82) is 0 Å². The van der Waals surface area contributed by atoms with Gasteiger partial charge in [0, 0.05) is 12.5 Å². The maximum absolute atomic E-state index is 3.30. The van der Waals surface area contributed by atoms with E-state index in [1.54, 1.807) is 0 Å². The summed E-state index contributed by atoms with van der Waals surface area (Å²) in [7, 11) is 2.02. The summed E-state index contributed by atoms with van der Waals surface area (Å²) in [6, 6.07) is 19.6. The van der Waals surface area contributed by atoms with Crippen molar-refractivity contribution in [3.8, 4) is 0 Å². The van der Waals surface area contributed by atoms with Crippen molar-refractivity contribution in [3.05, 3.63) is 71.3 Å². The first-order valence-corrected chi connectivity index (χ1v) is 6.54. The lowest BCUT2D eigenvalue weighted by atomic mass is 9.91. The molecule has 1 unspecified atom stereocenters. The maximum atomic E-state index is 3.30. The number of hydrogen-bond donors (Lipinski definition) is 1. The monoisotopic (exact) mass is 239 g/mol. The summed E-state index contributed by atoms with van der Waals surface area (Å²) in [4.78, 5) is 0. The molecule has 2 aromatic carbocycles. The van der Waals surface area contributed by atoms with Gasteiger partial charge in [-0.1, -0.05) is 60.2 Å². The predicted molar refractivity (Wildman–Crippen MR) is 78.0 cm³/mol. The average molecular weight is 239 g/mol. The third-order valence-electron chi connectivity index (χ3n) is 3.32. The van der Waals surface area contributed by atoms with E-state index in [0.717, 1.165) is 13.0 Å². The second kappa shape index (κ2) is 6.36. The highest BCUT2D eigenvalue weighted by Gasteiger charge is 2.11. The van der Waals surface area contributed by atoms with Gasteiger partial charge < -0.3 is 5.32 Å². The van der Waals surface area contributed by atoms with Gasteiger partial charge in [-0.25, -0.2) is 0 Å². The summed E-state index contributed by atoms with van der Waals surface area (Å²) in [6.07, 6.45) is 1.09. The smallest absolute Gasteiger partial charge is 0.00203 e. The Hall–Kier alpha value is -1.60. The minimum atomic E-state index is 0.540. The molecule has 94 valence electrons. The van der Waals surface area contributed by atoms with Crippen molar-refractivity contribution in [1.82, 2.24) is 5.32 Å². The molecule has 1 N–H and O–H groups in total. The lowest BCUT2D eigenvalue weighted by Crippen LogP contribution is -2.19. The minimum Gasteiger partial charge on any atom is -0.319 e. The molecule has 0 aliphatic carbocycles. The first kappa shape index (κ1) is 12.8. The fourth-order valence-electron chi connectivity index (χ4n) is 2.29. The van der Waals surface area contributed by atoms with Gasteiger partial charge in [-0.3, -0.25) is 0 Å². The molecule has 0 heterocycles. The normalized spacial score (nSPS) is 12.3. The second-order valence-corrected chi connectivity index (χ2v) is 4.86. The van der Waals surface area contributed by atoms with Gasteiger partial charge in [0.05, 0.1) is 0 Å². The topological polar surface area (TPSA) is 12.0 Å². The Bertz CT molecular complexity index is 459. The number of aryl methyl sites for hydroxylation is 1. The van der Waals surface area contributed by atoms with E-state index in [1.165, 1.54) is 16.7 Å². The molecule has 0 saturated carbocycles. The highest BCUT2D eigenvalue weighted by molar-refractivity contribution is 5.27. The molecule has 0 radical (unpaired) electrons. The first-order valence-electron chi connectivity index (χ1n) is 6.54. The van der Waals surface area contributed by atoms with Gasteiger partial charge >= 0.3 is 0 Å². The molecular weight excluding hydrogens is 218 g/mol. The van der Waals surface area contributed by atoms with Crippen LogP contribution in [0.25, 0.3) is 0 Å². The molecule has 18 heavy (non-hydrogen) atoms. The van der Waals surface area contributed by atoms with Gasteiger partial charge in [-0.2, -0.15) is 0 Å². The Balaban J connectivity index is 2.15. The number of benzene rings is 2. The second-order valence-electron chi connectivity index (χ2n) is 4.86. The van der Waals surface area contributed by atoms with Gasteiger partial charge in [0.15, 0.2) is 0 Å². The Labute approximate surface area is 110 Å². The van der Waals surface area contributed by atoms with Crippen LogP contribution in [-0.2, 0) is 6.42 Å². The first-order chi connectivity index (χ1) is 8.79. The Kier molecular flexibility index (Phi) is 4.54. The van der Waals surface area contributed by atoms with Crippen LogP contribution in [0.5, 0.6) is 0 Å². The molecule has 1 heteroatoms. The van der Waals surface area contributed by atoms with Crippen LogP contribution in [0.1, 0.15) is 22.6 Å². The van der Waals surface area contributed by atoms with Crippen molar-refractivity contribution in [3.63, 3.8) is 0 Å². The van der Waals surface area contributed by atoms with Crippen LogP contribution in [0.2, 0.25) is 0 Å². The van der Waals surface area contributed by atoms with Gasteiger partial charge in [-0.05, 0) is 31.5 Å². The molecule has 0 saturated heterocycles. The molecule has 2 rings (SSSR count). The van der Waals surface area contributed by atoms with E-state index in [9.17, 15) is 0 Å². The van der Waals surface area contributed by atoms with Crippen molar-refractivity contribution < 1.29 is 0 Å². The molecule has 0 fully saturated rings. The molecule has 2 aromatic rings. The lowest BCUT2D eigenvalue weighted by Gasteiger charge is -2.17. The van der Waals surface area contributed by atoms with Crippen LogP contribution in [0.3, 0.4) is 0 Å². The molecule has 0 amide bonds. The molecule has 1 atom stereocenters. The van der Waals surface area contributed by atoms with E-state index in [0.29, 0.717) is 5.92 Å². The van der Waals surface area contributed by atoms with Crippen LogP contribution >= 0.6 is 0 Å². The molecule has 0 aromatic heterocycles.